The minimum absolute atomic E-state index is 0.0846. The molecule has 6 N–H and O–H groups in total. The van der Waals surface area contributed by atoms with Gasteiger partial charge in [-0.05, 0) is 17.5 Å². The van der Waals surface area contributed by atoms with E-state index in [9.17, 15) is 44.0 Å². The van der Waals surface area contributed by atoms with Gasteiger partial charge in [0.2, 0.25) is 0 Å². The first-order chi connectivity index (χ1) is 15.6. The molecule has 0 unspecified atom stereocenters. The van der Waals surface area contributed by atoms with Gasteiger partial charge in [0.25, 0.3) is 30.4 Å². The normalized spacial score (nSPS) is 12.9. The van der Waals surface area contributed by atoms with Gasteiger partial charge < -0.3 is 10.8 Å². The summed E-state index contributed by atoms with van der Waals surface area (Å²) < 4.78 is 101. The highest BCUT2D eigenvalue weighted by molar-refractivity contribution is 7.86. The molecule has 0 aromatic heterocycles. The zero-order chi connectivity index (χ0) is 25.2. The Kier molecular flexibility index (Phi) is 5.35. The fourth-order valence-electron chi connectivity index (χ4n) is 3.82. The van der Waals surface area contributed by atoms with Crippen molar-refractivity contribution in [2.45, 2.75) is 14.7 Å². The Bertz CT molecular complexity index is 1850. The van der Waals surface area contributed by atoms with Gasteiger partial charge in [0.15, 0.2) is 0 Å². The number of nitrogen functional groups attached to an aromatic ring is 1. The smallest absolute Gasteiger partial charge is 0.295 e. The average molecular weight is 526 g/mol. The molecule has 0 atom stereocenters. The second-order valence-electron chi connectivity index (χ2n) is 7.29. The van der Waals surface area contributed by atoms with Gasteiger partial charge in [-0.3, -0.25) is 13.7 Å². The van der Waals surface area contributed by atoms with E-state index in [1.807, 2.05) is 0 Å². The van der Waals surface area contributed by atoms with E-state index in [1.54, 1.807) is 12.1 Å². The lowest BCUT2D eigenvalue weighted by molar-refractivity contribution is 0.470. The first kappa shape index (κ1) is 23.9. The molecular weight excluding hydrogens is 510 g/mol. The van der Waals surface area contributed by atoms with Gasteiger partial charge in [0, 0.05) is 33.4 Å². The molecule has 0 aliphatic carbocycles. The van der Waals surface area contributed by atoms with Gasteiger partial charge in [0.05, 0.1) is 10.6 Å². The molecule has 0 aliphatic rings. The van der Waals surface area contributed by atoms with Crippen LogP contribution in [0.3, 0.4) is 0 Å². The summed E-state index contributed by atoms with van der Waals surface area (Å²) in [5.41, 5.74) is 5.22. The number of rotatable bonds is 4. The molecule has 0 aliphatic heterocycles. The monoisotopic (exact) mass is 525 g/mol. The summed E-state index contributed by atoms with van der Waals surface area (Å²) in [6.45, 7) is 0. The van der Waals surface area contributed by atoms with Crippen LogP contribution in [0.5, 0.6) is 5.75 Å². The van der Waals surface area contributed by atoms with Crippen LogP contribution in [0.1, 0.15) is 0 Å². The standard InChI is InChI=1S/C20H15NO10S3/c21-19-14(13-6-5-10-3-1-2-4-12(10)20(13)34(29,30)31)9-17(33(26,27)28)15-7-11(32(23,24)25)8-16(22)18(15)19/h1-9,22H,21H2,(H,23,24,25)(H,26,27,28)(H,29,30,31). The molecule has 34 heavy (non-hydrogen) atoms. The maximum Gasteiger partial charge on any atom is 0.295 e. The predicted molar refractivity (Wildman–Crippen MR) is 122 cm³/mol. The molecule has 0 bridgehead atoms. The van der Waals surface area contributed by atoms with E-state index in [4.69, 9.17) is 5.73 Å². The lowest BCUT2D eigenvalue weighted by atomic mass is 9.96. The molecule has 14 heteroatoms. The van der Waals surface area contributed by atoms with Crippen LogP contribution in [0.4, 0.5) is 5.69 Å². The van der Waals surface area contributed by atoms with E-state index in [0.717, 1.165) is 6.07 Å². The zero-order valence-corrected chi connectivity index (χ0v) is 19.2. The van der Waals surface area contributed by atoms with E-state index in [2.05, 4.69) is 0 Å². The first-order valence-electron chi connectivity index (χ1n) is 9.14. The number of phenolic OH excluding ortho intramolecular Hbond substituents is 1. The maximum absolute atomic E-state index is 12.3. The molecule has 4 aromatic carbocycles. The van der Waals surface area contributed by atoms with Crippen molar-refractivity contribution < 1.29 is 44.0 Å². The van der Waals surface area contributed by atoms with Gasteiger partial charge in [-0.15, -0.1) is 0 Å². The van der Waals surface area contributed by atoms with Crippen molar-refractivity contribution in [3.63, 3.8) is 0 Å². The van der Waals surface area contributed by atoms with Gasteiger partial charge in [-0.25, -0.2) is 0 Å². The van der Waals surface area contributed by atoms with Crippen molar-refractivity contribution >= 4 is 57.6 Å². The van der Waals surface area contributed by atoms with Crippen LogP contribution in [0.2, 0.25) is 0 Å². The highest BCUT2D eigenvalue weighted by atomic mass is 32.2. The quantitative estimate of drug-likeness (QED) is 0.193. The van der Waals surface area contributed by atoms with E-state index >= 15 is 0 Å². The third-order valence-electron chi connectivity index (χ3n) is 5.19. The van der Waals surface area contributed by atoms with Crippen molar-refractivity contribution in [1.82, 2.24) is 0 Å². The summed E-state index contributed by atoms with van der Waals surface area (Å²) >= 11 is 0. The number of aromatic hydroxyl groups is 1. The Hall–Kier alpha value is -3.27. The Morgan fingerprint density at radius 3 is 1.91 bits per heavy atom. The van der Waals surface area contributed by atoms with Crippen molar-refractivity contribution in [2.75, 3.05) is 5.73 Å². The van der Waals surface area contributed by atoms with Crippen molar-refractivity contribution in [3.8, 4) is 16.9 Å². The van der Waals surface area contributed by atoms with Crippen molar-refractivity contribution in [1.29, 1.82) is 0 Å². The lowest BCUT2D eigenvalue weighted by Crippen LogP contribution is -2.07. The van der Waals surface area contributed by atoms with Crippen LogP contribution in [0.25, 0.3) is 32.7 Å². The molecular formula is C20H15NO10S3. The summed E-state index contributed by atoms with van der Waals surface area (Å²) in [6, 6.07) is 10.9. The Morgan fingerprint density at radius 2 is 1.32 bits per heavy atom. The Balaban J connectivity index is 2.26. The van der Waals surface area contributed by atoms with Gasteiger partial charge in [-0.1, -0.05) is 36.4 Å². The highest BCUT2D eigenvalue weighted by Gasteiger charge is 2.27. The van der Waals surface area contributed by atoms with Crippen molar-refractivity contribution in [3.05, 3.63) is 54.6 Å². The van der Waals surface area contributed by atoms with Crippen molar-refractivity contribution in [2.24, 2.45) is 0 Å². The number of nitrogens with two attached hydrogens (primary N) is 1. The molecule has 0 heterocycles. The molecule has 0 amide bonds. The van der Waals surface area contributed by atoms with E-state index in [0.29, 0.717) is 17.5 Å². The van der Waals surface area contributed by atoms with Crippen LogP contribution in [-0.4, -0.2) is 44.0 Å². The number of anilines is 1. The topological polar surface area (TPSA) is 209 Å². The van der Waals surface area contributed by atoms with E-state index in [-0.39, 0.29) is 22.2 Å². The fourth-order valence-corrected chi connectivity index (χ4v) is 5.97. The largest absolute Gasteiger partial charge is 0.507 e. The molecule has 178 valence electrons. The second kappa shape index (κ2) is 7.63. The summed E-state index contributed by atoms with van der Waals surface area (Å²) in [7, 11) is -14.9. The maximum atomic E-state index is 12.3. The molecule has 11 nitrogen and oxygen atoms in total. The SMILES string of the molecule is Nc1c(-c2ccc3ccccc3c2S(=O)(=O)O)cc(S(=O)(=O)O)c2cc(S(=O)(=O)O)cc(O)c12. The number of phenols is 1. The third kappa shape index (κ3) is 3.96. The Morgan fingerprint density at radius 1 is 0.676 bits per heavy atom. The molecule has 4 rings (SSSR count). The zero-order valence-electron chi connectivity index (χ0n) is 16.7. The molecule has 0 saturated heterocycles. The van der Waals surface area contributed by atoms with Crippen LogP contribution >= 0.6 is 0 Å². The average Bonchev–Trinajstić information content (AvgIpc) is 2.70. The minimum atomic E-state index is -5.10. The van der Waals surface area contributed by atoms with Gasteiger partial charge >= 0.3 is 0 Å². The van der Waals surface area contributed by atoms with Crippen LogP contribution in [-0.2, 0) is 30.4 Å². The summed E-state index contributed by atoms with van der Waals surface area (Å²) in [5.74, 6) is -0.872. The molecule has 0 radical (unpaired) electrons. The molecule has 0 saturated carbocycles. The van der Waals surface area contributed by atoms with E-state index in [1.165, 1.54) is 24.3 Å². The van der Waals surface area contributed by atoms with Crippen LogP contribution in [0, 0.1) is 0 Å². The molecule has 0 fully saturated rings. The summed E-state index contributed by atoms with van der Waals surface area (Å²) in [5, 5.41) is 9.98. The van der Waals surface area contributed by atoms with E-state index < -0.39 is 61.6 Å². The summed E-state index contributed by atoms with van der Waals surface area (Å²) in [6.07, 6.45) is 0. The number of benzene rings is 4. The fraction of sp³-hybridized carbons (Fsp3) is 0. The first-order valence-corrected chi connectivity index (χ1v) is 13.5. The van der Waals surface area contributed by atoms with Gasteiger partial charge in [0.1, 0.15) is 15.5 Å². The number of fused-ring (bicyclic) bond motifs is 2. The van der Waals surface area contributed by atoms with Crippen LogP contribution < -0.4 is 5.73 Å². The minimum Gasteiger partial charge on any atom is -0.507 e. The van der Waals surface area contributed by atoms with Crippen LogP contribution in [0.15, 0.2) is 69.3 Å². The predicted octanol–water partition coefficient (Wildman–Crippen LogP) is 2.69. The Labute approximate surface area is 193 Å². The third-order valence-corrected chi connectivity index (χ3v) is 7.88. The molecule has 4 aromatic rings. The second-order valence-corrected chi connectivity index (χ2v) is 11.5. The molecule has 0 spiro atoms. The number of hydrogen-bond donors (Lipinski definition) is 5. The summed E-state index contributed by atoms with van der Waals surface area (Å²) in [4.78, 5) is -2.41. The highest BCUT2D eigenvalue weighted by Crippen LogP contribution is 2.44. The lowest BCUT2D eigenvalue weighted by Gasteiger charge is -2.17. The number of hydrogen-bond acceptors (Lipinski definition) is 8. The van der Waals surface area contributed by atoms with Gasteiger partial charge in [-0.2, -0.15) is 25.3 Å².